The molecule has 5 heteroatoms. The van der Waals surface area contributed by atoms with Crippen molar-refractivity contribution in [1.29, 1.82) is 0 Å². The maximum atomic E-state index is 4.48. The first-order valence-electron chi connectivity index (χ1n) is 6.12. The molecule has 0 atom stereocenters. The Hall–Kier alpha value is -0.390. The van der Waals surface area contributed by atoms with E-state index >= 15 is 0 Å². The molecule has 4 nitrogen and oxygen atoms in total. The van der Waals surface area contributed by atoms with Gasteiger partial charge in [-0.15, -0.1) is 0 Å². The van der Waals surface area contributed by atoms with Gasteiger partial charge in [0, 0.05) is 13.6 Å². The second-order valence-electron chi connectivity index (χ2n) is 4.52. The summed E-state index contributed by atoms with van der Waals surface area (Å²) in [5.41, 5.74) is 2.37. The fourth-order valence-electron chi connectivity index (χ4n) is 1.74. The molecular weight excluding hydrogens is 280 g/mol. The lowest BCUT2D eigenvalue weighted by atomic mass is 10.3. The standard InChI is InChI=1S/C12H23BrN4/c1-5-10-12(13)11(17(4)15-10)9-14-7-6-8-16(2)3/h14H,5-9H2,1-4H3. The van der Waals surface area contributed by atoms with E-state index in [0.29, 0.717) is 0 Å². The van der Waals surface area contributed by atoms with E-state index in [9.17, 15) is 0 Å². The zero-order valence-electron chi connectivity index (χ0n) is 11.3. The van der Waals surface area contributed by atoms with Crippen LogP contribution in [0, 0.1) is 0 Å². The molecule has 0 fully saturated rings. The third-order valence-corrected chi connectivity index (χ3v) is 3.67. The van der Waals surface area contributed by atoms with Crippen molar-refractivity contribution in [3.8, 4) is 0 Å². The zero-order valence-corrected chi connectivity index (χ0v) is 12.8. The first kappa shape index (κ1) is 14.7. The maximum Gasteiger partial charge on any atom is 0.0767 e. The van der Waals surface area contributed by atoms with Crippen molar-refractivity contribution >= 4 is 15.9 Å². The molecule has 0 saturated heterocycles. The number of aromatic nitrogens is 2. The van der Waals surface area contributed by atoms with Crippen molar-refractivity contribution in [3.63, 3.8) is 0 Å². The Balaban J connectivity index is 2.39. The molecule has 0 bridgehead atoms. The number of nitrogens with zero attached hydrogens (tertiary/aromatic N) is 3. The van der Waals surface area contributed by atoms with Gasteiger partial charge < -0.3 is 10.2 Å². The van der Waals surface area contributed by atoms with E-state index in [-0.39, 0.29) is 0 Å². The van der Waals surface area contributed by atoms with Crippen molar-refractivity contribution in [3.05, 3.63) is 15.9 Å². The molecule has 0 spiro atoms. The largest absolute Gasteiger partial charge is 0.311 e. The van der Waals surface area contributed by atoms with E-state index in [1.54, 1.807) is 0 Å². The first-order valence-corrected chi connectivity index (χ1v) is 6.91. The lowest BCUT2D eigenvalue weighted by Crippen LogP contribution is -2.22. The van der Waals surface area contributed by atoms with Gasteiger partial charge in [-0.25, -0.2) is 0 Å². The van der Waals surface area contributed by atoms with E-state index in [2.05, 4.69) is 52.3 Å². The van der Waals surface area contributed by atoms with Crippen LogP contribution in [-0.4, -0.2) is 41.9 Å². The monoisotopic (exact) mass is 302 g/mol. The van der Waals surface area contributed by atoms with Gasteiger partial charge in [-0.1, -0.05) is 6.92 Å². The van der Waals surface area contributed by atoms with Crippen LogP contribution < -0.4 is 5.32 Å². The van der Waals surface area contributed by atoms with Crippen LogP contribution in [0.3, 0.4) is 0 Å². The third kappa shape index (κ3) is 4.41. The maximum absolute atomic E-state index is 4.48. The summed E-state index contributed by atoms with van der Waals surface area (Å²) in [6.07, 6.45) is 2.14. The van der Waals surface area contributed by atoms with Gasteiger partial charge in [-0.05, 0) is 56.0 Å². The quantitative estimate of drug-likeness (QED) is 0.780. The molecule has 0 aliphatic heterocycles. The van der Waals surface area contributed by atoms with Crippen LogP contribution in [0.15, 0.2) is 4.47 Å². The molecule has 17 heavy (non-hydrogen) atoms. The number of halogens is 1. The summed E-state index contributed by atoms with van der Waals surface area (Å²) in [4.78, 5) is 2.21. The summed E-state index contributed by atoms with van der Waals surface area (Å²) in [5, 5.41) is 7.94. The molecule has 98 valence electrons. The number of hydrogen-bond donors (Lipinski definition) is 1. The van der Waals surface area contributed by atoms with E-state index < -0.39 is 0 Å². The van der Waals surface area contributed by atoms with Gasteiger partial charge in [0.05, 0.1) is 15.9 Å². The smallest absolute Gasteiger partial charge is 0.0767 e. The Bertz CT molecular complexity index is 347. The molecule has 0 aliphatic carbocycles. The van der Waals surface area contributed by atoms with Crippen LogP contribution >= 0.6 is 15.9 Å². The van der Waals surface area contributed by atoms with Crippen molar-refractivity contribution < 1.29 is 0 Å². The number of hydrogen-bond acceptors (Lipinski definition) is 3. The summed E-state index contributed by atoms with van der Waals surface area (Å²) in [5.74, 6) is 0. The molecule has 0 unspecified atom stereocenters. The van der Waals surface area contributed by atoms with Gasteiger partial charge in [-0.3, -0.25) is 4.68 Å². The van der Waals surface area contributed by atoms with Crippen molar-refractivity contribution in [1.82, 2.24) is 20.0 Å². The third-order valence-electron chi connectivity index (χ3n) is 2.75. The molecular formula is C12H23BrN4. The van der Waals surface area contributed by atoms with Crippen molar-refractivity contribution in [2.24, 2.45) is 7.05 Å². The molecule has 1 heterocycles. The van der Waals surface area contributed by atoms with Crippen LogP contribution in [0.4, 0.5) is 0 Å². The average molecular weight is 303 g/mol. The second kappa shape index (κ2) is 7.13. The highest BCUT2D eigenvalue weighted by molar-refractivity contribution is 9.10. The van der Waals surface area contributed by atoms with E-state index in [1.807, 2.05) is 11.7 Å². The minimum atomic E-state index is 0.873. The summed E-state index contributed by atoms with van der Waals surface area (Å²) >= 11 is 3.62. The van der Waals surface area contributed by atoms with E-state index in [0.717, 1.165) is 36.2 Å². The second-order valence-corrected chi connectivity index (χ2v) is 5.31. The molecule has 1 aromatic rings. The minimum Gasteiger partial charge on any atom is -0.311 e. The summed E-state index contributed by atoms with van der Waals surface area (Å²) < 4.78 is 3.12. The van der Waals surface area contributed by atoms with E-state index in [4.69, 9.17) is 0 Å². The van der Waals surface area contributed by atoms with Crippen molar-refractivity contribution in [2.75, 3.05) is 27.2 Å². The number of aryl methyl sites for hydroxylation is 2. The van der Waals surface area contributed by atoms with Crippen molar-refractivity contribution in [2.45, 2.75) is 26.3 Å². The van der Waals surface area contributed by atoms with Crippen LogP contribution in [0.2, 0.25) is 0 Å². The van der Waals surface area contributed by atoms with Crippen LogP contribution in [0.1, 0.15) is 24.7 Å². The van der Waals surface area contributed by atoms with Gasteiger partial charge >= 0.3 is 0 Å². The Kier molecular flexibility index (Phi) is 6.16. The van der Waals surface area contributed by atoms with Crippen LogP contribution in [0.25, 0.3) is 0 Å². The molecule has 0 amide bonds. The highest BCUT2D eigenvalue weighted by atomic mass is 79.9. The lowest BCUT2D eigenvalue weighted by molar-refractivity contribution is 0.393. The normalized spacial score (nSPS) is 11.4. The van der Waals surface area contributed by atoms with Gasteiger partial charge in [0.1, 0.15) is 0 Å². The zero-order chi connectivity index (χ0) is 12.8. The molecule has 0 aliphatic rings. The predicted molar refractivity (Wildman–Crippen MR) is 75.2 cm³/mol. The van der Waals surface area contributed by atoms with Gasteiger partial charge in [-0.2, -0.15) is 5.10 Å². The SMILES string of the molecule is CCc1nn(C)c(CNCCCN(C)C)c1Br. The first-order chi connectivity index (χ1) is 8.06. The fourth-order valence-corrected chi connectivity index (χ4v) is 2.50. The van der Waals surface area contributed by atoms with Gasteiger partial charge in [0.15, 0.2) is 0 Å². The molecule has 0 radical (unpaired) electrons. The van der Waals surface area contributed by atoms with Gasteiger partial charge in [0.25, 0.3) is 0 Å². The van der Waals surface area contributed by atoms with Crippen LogP contribution in [-0.2, 0) is 20.0 Å². The highest BCUT2D eigenvalue weighted by Crippen LogP contribution is 2.21. The summed E-state index contributed by atoms with van der Waals surface area (Å²) in [6.45, 7) is 5.16. The number of rotatable bonds is 7. The topological polar surface area (TPSA) is 33.1 Å². The Morgan fingerprint density at radius 3 is 2.65 bits per heavy atom. The minimum absolute atomic E-state index is 0.873. The fraction of sp³-hybridized carbons (Fsp3) is 0.750. The average Bonchev–Trinajstić information content (AvgIpc) is 2.54. The summed E-state index contributed by atoms with van der Waals surface area (Å²) in [7, 11) is 6.21. The lowest BCUT2D eigenvalue weighted by Gasteiger charge is -2.10. The Morgan fingerprint density at radius 2 is 2.12 bits per heavy atom. The molecule has 0 saturated carbocycles. The summed E-state index contributed by atoms with van der Waals surface area (Å²) in [6, 6.07) is 0. The van der Waals surface area contributed by atoms with Crippen LogP contribution in [0.5, 0.6) is 0 Å². The Labute approximate surface area is 113 Å². The predicted octanol–water partition coefficient (Wildman–Crippen LogP) is 1.79. The molecule has 1 aromatic heterocycles. The van der Waals surface area contributed by atoms with Gasteiger partial charge in [0.2, 0.25) is 0 Å². The van der Waals surface area contributed by atoms with E-state index in [1.165, 1.54) is 12.1 Å². The highest BCUT2D eigenvalue weighted by Gasteiger charge is 2.11. The number of nitrogens with one attached hydrogen (secondary N) is 1. The molecule has 1 N–H and O–H groups in total. The molecule has 1 rings (SSSR count). The molecule has 0 aromatic carbocycles. The Morgan fingerprint density at radius 1 is 1.41 bits per heavy atom.